The summed E-state index contributed by atoms with van der Waals surface area (Å²) in [5.41, 5.74) is 4.86. The Hall–Kier alpha value is -0.710. The van der Waals surface area contributed by atoms with Crippen LogP contribution in [-0.2, 0) is 4.79 Å². The smallest absolute Gasteiger partial charge is 0.157 e. The minimum absolute atomic E-state index is 0.179. The van der Waals surface area contributed by atoms with Crippen molar-refractivity contribution in [3.8, 4) is 0 Å². The van der Waals surface area contributed by atoms with Crippen LogP contribution in [0.3, 0.4) is 0 Å². The van der Waals surface area contributed by atoms with Crippen LogP contribution in [0.15, 0.2) is 12.7 Å². The Morgan fingerprint density at radius 2 is 2.20 bits per heavy atom. The highest BCUT2D eigenvalue weighted by atomic mass is 16.3. The van der Waals surface area contributed by atoms with E-state index >= 15 is 0 Å². The van der Waals surface area contributed by atoms with Gasteiger partial charge in [0.25, 0.3) is 0 Å². The minimum Gasteiger partial charge on any atom is -0.389 e. The summed E-state index contributed by atoms with van der Waals surface area (Å²) in [4.78, 5) is 10.5. The molecule has 4 heteroatoms. The Labute approximate surface area is 59.0 Å². The first kappa shape index (κ1) is 9.29. The van der Waals surface area contributed by atoms with E-state index in [2.05, 4.69) is 6.58 Å². The Morgan fingerprint density at radius 3 is 2.50 bits per heavy atom. The second-order valence-corrected chi connectivity index (χ2v) is 1.93. The van der Waals surface area contributed by atoms with Crippen LogP contribution in [0.25, 0.3) is 0 Å². The van der Waals surface area contributed by atoms with Gasteiger partial charge in [0, 0.05) is 6.42 Å². The van der Waals surface area contributed by atoms with Crippen molar-refractivity contribution in [3.63, 3.8) is 0 Å². The van der Waals surface area contributed by atoms with E-state index in [1.165, 1.54) is 0 Å². The zero-order valence-electron chi connectivity index (χ0n) is 5.53. The normalized spacial score (nSPS) is 15.9. The molecule has 0 amide bonds. The lowest BCUT2D eigenvalue weighted by atomic mass is 10.1. The molecule has 0 aromatic carbocycles. The summed E-state index contributed by atoms with van der Waals surface area (Å²) in [6, 6.07) is 0. The summed E-state index contributed by atoms with van der Waals surface area (Å²) < 4.78 is 0. The van der Waals surface area contributed by atoms with Crippen LogP contribution >= 0.6 is 0 Å². The van der Waals surface area contributed by atoms with E-state index in [1.807, 2.05) is 0 Å². The maximum absolute atomic E-state index is 10.5. The first-order valence-electron chi connectivity index (χ1n) is 2.85. The number of carbonyl (C=O) groups is 1. The molecule has 0 bridgehead atoms. The quantitative estimate of drug-likeness (QED) is 0.341. The van der Waals surface area contributed by atoms with E-state index < -0.39 is 12.3 Å². The molecular weight excluding hydrogens is 134 g/mol. The van der Waals surface area contributed by atoms with Gasteiger partial charge in [0.05, 0.1) is 0 Å². The van der Waals surface area contributed by atoms with Crippen LogP contribution in [0.1, 0.15) is 6.42 Å². The van der Waals surface area contributed by atoms with Crippen molar-refractivity contribution >= 4 is 5.78 Å². The average molecular weight is 145 g/mol. The second kappa shape index (κ2) is 4.16. The van der Waals surface area contributed by atoms with Crippen LogP contribution in [-0.4, -0.2) is 28.3 Å². The Balaban J connectivity index is 3.67. The molecule has 0 rings (SSSR count). The summed E-state index contributed by atoms with van der Waals surface area (Å²) in [7, 11) is 0. The lowest BCUT2D eigenvalue weighted by Crippen LogP contribution is -2.35. The number of carbonyl (C=O) groups excluding carboxylic acids is 1. The van der Waals surface area contributed by atoms with Gasteiger partial charge in [-0.25, -0.2) is 0 Å². The van der Waals surface area contributed by atoms with Crippen molar-refractivity contribution in [2.45, 2.75) is 18.8 Å². The molecule has 0 radical (unpaired) electrons. The predicted molar refractivity (Wildman–Crippen MR) is 36.0 cm³/mol. The number of hydrogen-bond donors (Lipinski definition) is 3. The van der Waals surface area contributed by atoms with Gasteiger partial charge in [-0.3, -0.25) is 4.79 Å². The van der Waals surface area contributed by atoms with Crippen molar-refractivity contribution in [2.24, 2.45) is 5.73 Å². The third-order valence-corrected chi connectivity index (χ3v) is 1.03. The molecule has 10 heavy (non-hydrogen) atoms. The van der Waals surface area contributed by atoms with E-state index in [4.69, 9.17) is 15.9 Å². The Morgan fingerprint density at radius 1 is 1.70 bits per heavy atom. The molecule has 0 aliphatic heterocycles. The van der Waals surface area contributed by atoms with Gasteiger partial charge in [-0.1, -0.05) is 6.58 Å². The lowest BCUT2D eigenvalue weighted by molar-refractivity contribution is -0.118. The van der Waals surface area contributed by atoms with E-state index in [9.17, 15) is 4.79 Å². The maximum atomic E-state index is 10.5. The molecule has 0 aliphatic carbocycles. The van der Waals surface area contributed by atoms with Crippen molar-refractivity contribution in [1.82, 2.24) is 0 Å². The number of aliphatic hydroxyl groups excluding tert-OH is 2. The molecule has 2 atom stereocenters. The molecule has 4 nitrogen and oxygen atoms in total. The van der Waals surface area contributed by atoms with Gasteiger partial charge in [0.2, 0.25) is 0 Å². The zero-order valence-corrected chi connectivity index (χ0v) is 5.53. The number of allylic oxidation sites excluding steroid dienone is 1. The molecule has 2 unspecified atom stereocenters. The van der Waals surface area contributed by atoms with Crippen molar-refractivity contribution < 1.29 is 15.0 Å². The van der Waals surface area contributed by atoms with Gasteiger partial charge in [-0.2, -0.15) is 0 Å². The number of nitrogens with two attached hydrogens (primary N) is 1. The summed E-state index contributed by atoms with van der Waals surface area (Å²) in [6.45, 7) is 3.19. The molecule has 0 spiro atoms. The van der Waals surface area contributed by atoms with Gasteiger partial charge in [0.1, 0.15) is 12.3 Å². The number of aliphatic hydroxyl groups is 2. The van der Waals surface area contributed by atoms with Crippen LogP contribution < -0.4 is 5.73 Å². The standard InChI is InChI=1S/C6H11NO3/c1-2-4(8)3-5(9)6(7)10/h2,5-6,9-10H,1,3,7H2. The van der Waals surface area contributed by atoms with E-state index in [0.29, 0.717) is 0 Å². The van der Waals surface area contributed by atoms with Crippen LogP contribution in [0, 0.1) is 0 Å². The second-order valence-electron chi connectivity index (χ2n) is 1.93. The zero-order chi connectivity index (χ0) is 8.15. The highest BCUT2D eigenvalue weighted by Gasteiger charge is 2.13. The third-order valence-electron chi connectivity index (χ3n) is 1.03. The molecule has 0 aliphatic rings. The van der Waals surface area contributed by atoms with Crippen LogP contribution in [0.5, 0.6) is 0 Å². The number of hydrogen-bond acceptors (Lipinski definition) is 4. The fraction of sp³-hybridized carbons (Fsp3) is 0.500. The fourth-order valence-corrected chi connectivity index (χ4v) is 0.410. The van der Waals surface area contributed by atoms with Crippen LogP contribution in [0.2, 0.25) is 0 Å². The van der Waals surface area contributed by atoms with Gasteiger partial charge < -0.3 is 15.9 Å². The van der Waals surface area contributed by atoms with E-state index in [0.717, 1.165) is 6.08 Å². The topological polar surface area (TPSA) is 83.5 Å². The van der Waals surface area contributed by atoms with Gasteiger partial charge in [-0.15, -0.1) is 0 Å². The average Bonchev–Trinajstić information content (AvgIpc) is 1.87. The van der Waals surface area contributed by atoms with E-state index in [1.54, 1.807) is 0 Å². The number of rotatable bonds is 4. The molecule has 4 N–H and O–H groups in total. The molecule has 0 aromatic heterocycles. The SMILES string of the molecule is C=CC(=O)CC(O)C(N)O. The van der Waals surface area contributed by atoms with E-state index in [-0.39, 0.29) is 12.2 Å². The molecule has 58 valence electrons. The highest BCUT2D eigenvalue weighted by Crippen LogP contribution is 1.95. The first-order chi connectivity index (χ1) is 4.57. The molecule has 0 saturated heterocycles. The molecule has 0 heterocycles. The summed E-state index contributed by atoms with van der Waals surface area (Å²) in [6.07, 6.45) is -1.65. The summed E-state index contributed by atoms with van der Waals surface area (Å²) >= 11 is 0. The minimum atomic E-state index is -1.36. The van der Waals surface area contributed by atoms with Crippen molar-refractivity contribution in [2.75, 3.05) is 0 Å². The number of ketones is 1. The van der Waals surface area contributed by atoms with Crippen molar-refractivity contribution in [3.05, 3.63) is 12.7 Å². The first-order valence-corrected chi connectivity index (χ1v) is 2.85. The summed E-state index contributed by atoms with van der Waals surface area (Å²) in [5.74, 6) is -0.336. The molecule has 0 aromatic rings. The molecule has 0 saturated carbocycles. The Bertz CT molecular complexity index is 133. The third kappa shape index (κ3) is 3.34. The van der Waals surface area contributed by atoms with Gasteiger partial charge in [-0.05, 0) is 6.08 Å². The lowest BCUT2D eigenvalue weighted by Gasteiger charge is -2.10. The molecular formula is C6H11NO3. The van der Waals surface area contributed by atoms with Crippen molar-refractivity contribution in [1.29, 1.82) is 0 Å². The molecule has 0 fully saturated rings. The fourth-order valence-electron chi connectivity index (χ4n) is 0.410. The largest absolute Gasteiger partial charge is 0.389 e. The summed E-state index contributed by atoms with van der Waals surface area (Å²) in [5, 5.41) is 17.3. The van der Waals surface area contributed by atoms with Gasteiger partial charge >= 0.3 is 0 Å². The monoisotopic (exact) mass is 145 g/mol. The highest BCUT2D eigenvalue weighted by molar-refractivity contribution is 5.89. The maximum Gasteiger partial charge on any atom is 0.157 e. The van der Waals surface area contributed by atoms with Crippen LogP contribution in [0.4, 0.5) is 0 Å². The van der Waals surface area contributed by atoms with Gasteiger partial charge in [0.15, 0.2) is 5.78 Å². The Kier molecular flexibility index (Phi) is 3.87. The predicted octanol–water partition coefficient (Wildman–Crippen LogP) is -1.23.